The molecule has 3 fully saturated rings. The average Bonchev–Trinajstić information content (AvgIpc) is 2.06. The normalized spacial score (nSPS) is 41.7. The monoisotopic (exact) mass is 176 g/mol. The smallest absolute Gasteiger partial charge is 0.0221 e. The molecule has 3 rings (SSSR count). The van der Waals surface area contributed by atoms with Crippen molar-refractivity contribution in [2.45, 2.75) is 18.9 Å². The lowest BCUT2D eigenvalue weighted by molar-refractivity contribution is 0.0764. The van der Waals surface area contributed by atoms with Crippen molar-refractivity contribution in [1.82, 2.24) is 10.2 Å². The SMILES string of the molecule is CNC1CN2CCC1CC2.Cl. The quantitative estimate of drug-likeness (QED) is 0.634. The topological polar surface area (TPSA) is 15.3 Å². The molecule has 2 nitrogen and oxygen atoms in total. The Morgan fingerprint density at radius 1 is 1.27 bits per heavy atom. The Hall–Kier alpha value is 0.210. The molecule has 1 unspecified atom stereocenters. The first-order chi connectivity index (χ1) is 4.90. The molecule has 1 N–H and O–H groups in total. The highest BCUT2D eigenvalue weighted by Crippen LogP contribution is 2.26. The van der Waals surface area contributed by atoms with Crippen LogP contribution in [0.5, 0.6) is 0 Å². The van der Waals surface area contributed by atoms with E-state index in [4.69, 9.17) is 0 Å². The predicted molar refractivity (Wildman–Crippen MR) is 49.3 cm³/mol. The minimum atomic E-state index is 0. The summed E-state index contributed by atoms with van der Waals surface area (Å²) in [5.74, 6) is 0.981. The van der Waals surface area contributed by atoms with Crippen LogP contribution in [0.4, 0.5) is 0 Å². The Balaban J connectivity index is 0.000000605. The van der Waals surface area contributed by atoms with Gasteiger partial charge in [-0.15, -0.1) is 12.4 Å². The fraction of sp³-hybridized carbons (Fsp3) is 1.00. The largest absolute Gasteiger partial charge is 0.315 e. The highest BCUT2D eigenvalue weighted by Gasteiger charge is 2.32. The van der Waals surface area contributed by atoms with E-state index in [1.54, 1.807) is 0 Å². The highest BCUT2D eigenvalue weighted by molar-refractivity contribution is 5.85. The number of piperidine rings is 3. The van der Waals surface area contributed by atoms with Crippen LogP contribution in [0.3, 0.4) is 0 Å². The average molecular weight is 177 g/mol. The summed E-state index contributed by atoms with van der Waals surface area (Å²) in [4.78, 5) is 2.57. The zero-order valence-electron chi connectivity index (χ0n) is 7.05. The molecule has 0 radical (unpaired) electrons. The molecular weight excluding hydrogens is 160 g/mol. The van der Waals surface area contributed by atoms with Crippen LogP contribution >= 0.6 is 12.4 Å². The van der Waals surface area contributed by atoms with Crippen molar-refractivity contribution < 1.29 is 0 Å². The van der Waals surface area contributed by atoms with Gasteiger partial charge in [-0.25, -0.2) is 0 Å². The van der Waals surface area contributed by atoms with Crippen LogP contribution in [-0.4, -0.2) is 37.6 Å². The second kappa shape index (κ2) is 3.74. The third kappa shape index (κ3) is 1.68. The van der Waals surface area contributed by atoms with Gasteiger partial charge in [-0.3, -0.25) is 0 Å². The van der Waals surface area contributed by atoms with Crippen molar-refractivity contribution in [2.75, 3.05) is 26.7 Å². The summed E-state index contributed by atoms with van der Waals surface area (Å²) in [5.41, 5.74) is 0. The molecule has 0 amide bonds. The number of hydrogen-bond donors (Lipinski definition) is 1. The standard InChI is InChI=1S/C8H16N2.ClH/c1-9-8-6-10-4-2-7(8)3-5-10;/h7-9H,2-6H2,1H3;1H. The van der Waals surface area contributed by atoms with Gasteiger partial charge in [0.1, 0.15) is 0 Å². The van der Waals surface area contributed by atoms with E-state index in [-0.39, 0.29) is 12.4 Å². The first-order valence-corrected chi connectivity index (χ1v) is 4.30. The number of fused-ring (bicyclic) bond motifs is 3. The molecule has 1 atom stereocenters. The first kappa shape index (κ1) is 9.30. The lowest BCUT2D eigenvalue weighted by Gasteiger charge is -2.44. The summed E-state index contributed by atoms with van der Waals surface area (Å²) < 4.78 is 0. The van der Waals surface area contributed by atoms with Gasteiger partial charge >= 0.3 is 0 Å². The number of likely N-dealkylation sites (N-methyl/N-ethyl adjacent to an activating group) is 1. The van der Waals surface area contributed by atoms with Crippen molar-refractivity contribution >= 4 is 12.4 Å². The summed E-state index contributed by atoms with van der Waals surface area (Å²) in [6.45, 7) is 3.99. The van der Waals surface area contributed by atoms with Crippen LogP contribution < -0.4 is 5.32 Å². The van der Waals surface area contributed by atoms with E-state index in [9.17, 15) is 0 Å². The number of rotatable bonds is 1. The van der Waals surface area contributed by atoms with Gasteiger partial charge in [0, 0.05) is 12.6 Å². The maximum absolute atomic E-state index is 3.39. The van der Waals surface area contributed by atoms with Crippen LogP contribution in [0.1, 0.15) is 12.8 Å². The van der Waals surface area contributed by atoms with Crippen LogP contribution in [-0.2, 0) is 0 Å². The fourth-order valence-corrected chi connectivity index (χ4v) is 2.29. The second-order valence-corrected chi connectivity index (χ2v) is 3.53. The first-order valence-electron chi connectivity index (χ1n) is 4.30. The van der Waals surface area contributed by atoms with E-state index in [1.807, 2.05) is 0 Å². The van der Waals surface area contributed by atoms with Crippen LogP contribution in [0.25, 0.3) is 0 Å². The molecule has 11 heavy (non-hydrogen) atoms. The molecule has 3 heterocycles. The third-order valence-corrected chi connectivity index (χ3v) is 3.03. The van der Waals surface area contributed by atoms with Crippen molar-refractivity contribution in [3.63, 3.8) is 0 Å². The van der Waals surface area contributed by atoms with Gasteiger partial charge in [0.15, 0.2) is 0 Å². The van der Waals surface area contributed by atoms with Gasteiger partial charge in [-0.1, -0.05) is 0 Å². The zero-order valence-corrected chi connectivity index (χ0v) is 7.86. The molecule has 2 bridgehead atoms. The molecule has 3 saturated heterocycles. The van der Waals surface area contributed by atoms with E-state index >= 15 is 0 Å². The molecule has 0 spiro atoms. The summed E-state index contributed by atoms with van der Waals surface area (Å²) in [7, 11) is 2.09. The Morgan fingerprint density at radius 3 is 2.18 bits per heavy atom. The van der Waals surface area contributed by atoms with Gasteiger partial charge in [-0.05, 0) is 38.9 Å². The van der Waals surface area contributed by atoms with E-state index in [0.717, 1.165) is 12.0 Å². The molecule has 0 aliphatic carbocycles. The molecule has 0 aromatic rings. The Labute approximate surface area is 74.7 Å². The second-order valence-electron chi connectivity index (χ2n) is 3.53. The van der Waals surface area contributed by atoms with Gasteiger partial charge in [-0.2, -0.15) is 0 Å². The Morgan fingerprint density at radius 2 is 1.91 bits per heavy atom. The lowest BCUT2D eigenvalue weighted by Crippen LogP contribution is -2.55. The van der Waals surface area contributed by atoms with Crippen LogP contribution in [0, 0.1) is 5.92 Å². The summed E-state index contributed by atoms with van der Waals surface area (Å²) in [5, 5.41) is 3.39. The number of halogens is 1. The van der Waals surface area contributed by atoms with Crippen LogP contribution in [0.15, 0.2) is 0 Å². The molecule has 3 aliphatic heterocycles. The lowest BCUT2D eigenvalue weighted by atomic mass is 9.84. The minimum Gasteiger partial charge on any atom is -0.315 e. The third-order valence-electron chi connectivity index (χ3n) is 3.03. The molecular formula is C8H17ClN2. The number of nitrogens with one attached hydrogen (secondary N) is 1. The van der Waals surface area contributed by atoms with Crippen molar-refractivity contribution in [1.29, 1.82) is 0 Å². The van der Waals surface area contributed by atoms with Crippen LogP contribution in [0.2, 0.25) is 0 Å². The van der Waals surface area contributed by atoms with E-state index in [2.05, 4.69) is 17.3 Å². The molecule has 3 heteroatoms. The maximum Gasteiger partial charge on any atom is 0.0221 e. The number of nitrogens with zero attached hydrogens (tertiary/aromatic N) is 1. The summed E-state index contributed by atoms with van der Waals surface area (Å²) in [6, 6.07) is 0.794. The van der Waals surface area contributed by atoms with E-state index < -0.39 is 0 Å². The molecule has 66 valence electrons. The molecule has 0 saturated carbocycles. The molecule has 0 aromatic carbocycles. The summed E-state index contributed by atoms with van der Waals surface area (Å²) in [6.07, 6.45) is 2.84. The molecule has 0 aromatic heterocycles. The van der Waals surface area contributed by atoms with Gasteiger partial charge in [0.25, 0.3) is 0 Å². The zero-order chi connectivity index (χ0) is 6.97. The van der Waals surface area contributed by atoms with Crippen molar-refractivity contribution in [3.8, 4) is 0 Å². The van der Waals surface area contributed by atoms with E-state index in [0.29, 0.717) is 0 Å². The Kier molecular flexibility index (Phi) is 3.16. The van der Waals surface area contributed by atoms with Gasteiger partial charge in [0.2, 0.25) is 0 Å². The molecule has 3 aliphatic rings. The minimum absolute atomic E-state index is 0. The number of hydrogen-bond acceptors (Lipinski definition) is 2. The fourth-order valence-electron chi connectivity index (χ4n) is 2.29. The van der Waals surface area contributed by atoms with Crippen molar-refractivity contribution in [2.24, 2.45) is 5.92 Å². The summed E-state index contributed by atoms with van der Waals surface area (Å²) >= 11 is 0. The van der Waals surface area contributed by atoms with Gasteiger partial charge < -0.3 is 10.2 Å². The highest BCUT2D eigenvalue weighted by atomic mass is 35.5. The van der Waals surface area contributed by atoms with Gasteiger partial charge in [0.05, 0.1) is 0 Å². The van der Waals surface area contributed by atoms with E-state index in [1.165, 1.54) is 32.5 Å². The van der Waals surface area contributed by atoms with Crippen molar-refractivity contribution in [3.05, 3.63) is 0 Å². The Bertz CT molecular complexity index is 121. The maximum atomic E-state index is 3.39. The predicted octanol–water partition coefficient (Wildman–Crippen LogP) is 0.722.